The molecule has 0 aliphatic rings. The molecule has 2 amide bonds. The number of rotatable bonds is 8. The van der Waals surface area contributed by atoms with Crippen LogP contribution >= 0.6 is 11.6 Å². The zero-order valence-electron chi connectivity index (χ0n) is 12.0. The van der Waals surface area contributed by atoms with E-state index < -0.39 is 29.2 Å². The SMILES string of the molecule is NC(=O)C(C(=O)NCCC(=O)O)=C(O)NCc1ccc(Cl)cc1. The number of carbonyl (C=O) groups excluding carboxylic acids is 2. The highest BCUT2D eigenvalue weighted by atomic mass is 35.5. The van der Waals surface area contributed by atoms with Crippen molar-refractivity contribution in [1.82, 2.24) is 10.6 Å². The van der Waals surface area contributed by atoms with E-state index in [4.69, 9.17) is 22.4 Å². The van der Waals surface area contributed by atoms with E-state index in [-0.39, 0.29) is 19.5 Å². The molecule has 0 saturated carbocycles. The summed E-state index contributed by atoms with van der Waals surface area (Å²) in [5, 5.41) is 23.6. The number of amides is 2. The second kappa shape index (κ2) is 8.64. The summed E-state index contributed by atoms with van der Waals surface area (Å²) in [5.41, 5.74) is 5.14. The Bertz CT molecular complexity index is 628. The fraction of sp³-hybridized carbons (Fsp3) is 0.214. The molecular weight excluding hydrogens is 326 g/mol. The Kier molecular flexibility index (Phi) is 6.88. The zero-order chi connectivity index (χ0) is 17.4. The quantitative estimate of drug-likeness (QED) is 0.199. The number of nitrogens with one attached hydrogen (secondary N) is 2. The molecule has 0 fully saturated rings. The minimum Gasteiger partial charge on any atom is -0.494 e. The van der Waals surface area contributed by atoms with Crippen LogP contribution in [-0.2, 0) is 20.9 Å². The lowest BCUT2D eigenvalue weighted by atomic mass is 10.2. The van der Waals surface area contributed by atoms with Crippen molar-refractivity contribution in [3.8, 4) is 0 Å². The van der Waals surface area contributed by atoms with E-state index in [9.17, 15) is 19.5 Å². The van der Waals surface area contributed by atoms with Gasteiger partial charge in [0.1, 0.15) is 0 Å². The van der Waals surface area contributed by atoms with E-state index in [0.717, 1.165) is 5.56 Å². The van der Waals surface area contributed by atoms with Crippen LogP contribution < -0.4 is 16.4 Å². The molecule has 124 valence electrons. The second-order valence-corrected chi connectivity index (χ2v) is 4.90. The molecule has 0 radical (unpaired) electrons. The number of aliphatic carboxylic acids is 1. The van der Waals surface area contributed by atoms with E-state index in [2.05, 4.69) is 10.6 Å². The Hall–Kier alpha value is -2.74. The third-order valence-electron chi connectivity index (χ3n) is 2.71. The maximum atomic E-state index is 11.8. The Balaban J connectivity index is 2.73. The van der Waals surface area contributed by atoms with Crippen molar-refractivity contribution in [2.75, 3.05) is 6.54 Å². The van der Waals surface area contributed by atoms with E-state index in [1.807, 2.05) is 0 Å². The number of carboxylic acid groups (broad SMARTS) is 1. The number of benzene rings is 1. The molecule has 1 aromatic carbocycles. The number of hydrogen-bond donors (Lipinski definition) is 5. The Labute approximate surface area is 136 Å². The van der Waals surface area contributed by atoms with Gasteiger partial charge in [0.15, 0.2) is 5.57 Å². The topological polar surface area (TPSA) is 142 Å². The summed E-state index contributed by atoms with van der Waals surface area (Å²) in [6, 6.07) is 6.68. The Morgan fingerprint density at radius 1 is 1.09 bits per heavy atom. The van der Waals surface area contributed by atoms with E-state index >= 15 is 0 Å². The highest BCUT2D eigenvalue weighted by Gasteiger charge is 2.21. The number of halogens is 1. The number of hydrogen-bond acceptors (Lipinski definition) is 5. The molecule has 0 unspecified atom stereocenters. The molecule has 0 aromatic heterocycles. The first-order valence-corrected chi connectivity index (χ1v) is 6.90. The van der Waals surface area contributed by atoms with Crippen LogP contribution in [0.5, 0.6) is 0 Å². The molecule has 0 atom stereocenters. The lowest BCUT2D eigenvalue weighted by molar-refractivity contribution is -0.136. The maximum Gasteiger partial charge on any atom is 0.305 e. The van der Waals surface area contributed by atoms with Gasteiger partial charge in [0.05, 0.1) is 6.42 Å². The summed E-state index contributed by atoms with van der Waals surface area (Å²) in [5.74, 6) is -3.90. The molecule has 0 bridgehead atoms. The molecule has 0 heterocycles. The average Bonchev–Trinajstić information content (AvgIpc) is 2.46. The van der Waals surface area contributed by atoms with Gasteiger partial charge in [-0.05, 0) is 17.7 Å². The lowest BCUT2D eigenvalue weighted by Gasteiger charge is -2.10. The molecule has 0 aliphatic carbocycles. The van der Waals surface area contributed by atoms with Gasteiger partial charge in [0.2, 0.25) is 5.88 Å². The van der Waals surface area contributed by atoms with Crippen molar-refractivity contribution in [2.24, 2.45) is 5.73 Å². The molecule has 0 saturated heterocycles. The third kappa shape index (κ3) is 6.27. The van der Waals surface area contributed by atoms with Gasteiger partial charge in [-0.25, -0.2) is 0 Å². The fourth-order valence-electron chi connectivity index (χ4n) is 1.58. The standard InChI is InChI=1S/C14H16ClN3O5/c15-9-3-1-8(2-4-9)7-18-14(23)11(12(16)21)13(22)17-6-5-10(19)20/h1-4,18,23H,5-7H2,(H2,16,21)(H,17,22)(H,19,20). The van der Waals surface area contributed by atoms with Gasteiger partial charge in [-0.2, -0.15) is 0 Å². The Morgan fingerprint density at radius 2 is 1.70 bits per heavy atom. The highest BCUT2D eigenvalue weighted by molar-refractivity contribution is 6.30. The molecule has 1 aromatic rings. The normalized spacial score (nSPS) is 11.3. The van der Waals surface area contributed by atoms with Crippen LogP contribution in [0.4, 0.5) is 0 Å². The van der Waals surface area contributed by atoms with Gasteiger partial charge < -0.3 is 26.6 Å². The van der Waals surface area contributed by atoms with Gasteiger partial charge in [-0.15, -0.1) is 0 Å². The maximum absolute atomic E-state index is 11.8. The molecule has 23 heavy (non-hydrogen) atoms. The molecule has 8 nitrogen and oxygen atoms in total. The van der Waals surface area contributed by atoms with Gasteiger partial charge in [-0.3, -0.25) is 14.4 Å². The first-order valence-electron chi connectivity index (χ1n) is 6.52. The van der Waals surface area contributed by atoms with Crippen LogP contribution in [-0.4, -0.2) is 34.5 Å². The largest absolute Gasteiger partial charge is 0.494 e. The van der Waals surface area contributed by atoms with Crippen LogP contribution in [0.25, 0.3) is 0 Å². The van der Waals surface area contributed by atoms with Crippen LogP contribution in [0.1, 0.15) is 12.0 Å². The molecule has 9 heteroatoms. The van der Waals surface area contributed by atoms with E-state index in [1.54, 1.807) is 24.3 Å². The third-order valence-corrected chi connectivity index (χ3v) is 2.96. The summed E-state index contributed by atoms with van der Waals surface area (Å²) < 4.78 is 0. The summed E-state index contributed by atoms with van der Waals surface area (Å²) in [6.07, 6.45) is -0.323. The summed E-state index contributed by atoms with van der Waals surface area (Å²) in [7, 11) is 0. The van der Waals surface area contributed by atoms with Crippen molar-refractivity contribution in [3.63, 3.8) is 0 Å². The smallest absolute Gasteiger partial charge is 0.305 e. The fourth-order valence-corrected chi connectivity index (χ4v) is 1.71. The summed E-state index contributed by atoms with van der Waals surface area (Å²) in [6.45, 7) is -0.0718. The molecule has 1 rings (SSSR count). The number of aliphatic hydroxyl groups is 1. The minimum absolute atomic E-state index is 0.127. The predicted molar refractivity (Wildman–Crippen MR) is 82.4 cm³/mol. The van der Waals surface area contributed by atoms with Crippen LogP contribution in [0, 0.1) is 0 Å². The van der Waals surface area contributed by atoms with Crippen LogP contribution in [0.3, 0.4) is 0 Å². The minimum atomic E-state index is -1.14. The van der Waals surface area contributed by atoms with Gasteiger partial charge in [-0.1, -0.05) is 23.7 Å². The number of carboxylic acids is 1. The summed E-state index contributed by atoms with van der Waals surface area (Å²) in [4.78, 5) is 33.5. The van der Waals surface area contributed by atoms with E-state index in [0.29, 0.717) is 5.02 Å². The number of carbonyl (C=O) groups is 3. The average molecular weight is 342 g/mol. The molecule has 6 N–H and O–H groups in total. The first-order chi connectivity index (χ1) is 10.8. The van der Waals surface area contributed by atoms with Crippen LogP contribution in [0.15, 0.2) is 35.7 Å². The summed E-state index contributed by atoms with van der Waals surface area (Å²) >= 11 is 5.74. The lowest BCUT2D eigenvalue weighted by Crippen LogP contribution is -2.36. The van der Waals surface area contributed by atoms with Gasteiger partial charge in [0.25, 0.3) is 11.8 Å². The van der Waals surface area contributed by atoms with Crippen molar-refractivity contribution in [3.05, 3.63) is 46.3 Å². The highest BCUT2D eigenvalue weighted by Crippen LogP contribution is 2.10. The molecular formula is C14H16ClN3O5. The number of nitrogens with two attached hydrogens (primary N) is 1. The van der Waals surface area contributed by atoms with Crippen LogP contribution in [0.2, 0.25) is 5.02 Å². The monoisotopic (exact) mass is 341 g/mol. The molecule has 0 spiro atoms. The Morgan fingerprint density at radius 3 is 2.22 bits per heavy atom. The number of primary amides is 1. The van der Waals surface area contributed by atoms with Gasteiger partial charge >= 0.3 is 5.97 Å². The number of aliphatic hydroxyl groups excluding tert-OH is 1. The second-order valence-electron chi connectivity index (χ2n) is 4.47. The predicted octanol–water partition coefficient (Wildman–Crippen LogP) is 0.275. The molecule has 0 aliphatic heterocycles. The first kappa shape index (κ1) is 18.3. The van der Waals surface area contributed by atoms with Crippen molar-refractivity contribution in [1.29, 1.82) is 0 Å². The van der Waals surface area contributed by atoms with Gasteiger partial charge in [0, 0.05) is 18.1 Å². The van der Waals surface area contributed by atoms with Crippen molar-refractivity contribution >= 4 is 29.4 Å². The van der Waals surface area contributed by atoms with E-state index in [1.165, 1.54) is 0 Å². The zero-order valence-corrected chi connectivity index (χ0v) is 12.8. The van der Waals surface area contributed by atoms with Crippen molar-refractivity contribution in [2.45, 2.75) is 13.0 Å². The van der Waals surface area contributed by atoms with Crippen molar-refractivity contribution < 1.29 is 24.6 Å².